The molecule has 0 spiro atoms. The van der Waals surface area contributed by atoms with Gasteiger partial charge in [-0.05, 0) is 37.5 Å². The Morgan fingerprint density at radius 3 is 2.47 bits per heavy atom. The molecule has 1 atom stereocenters. The van der Waals surface area contributed by atoms with Gasteiger partial charge in [0.2, 0.25) is 0 Å². The van der Waals surface area contributed by atoms with E-state index in [9.17, 15) is 9.18 Å². The molecular weight excluding hydrogens is 440 g/mol. The first-order valence-corrected chi connectivity index (χ1v) is 10.6. The van der Waals surface area contributed by atoms with E-state index >= 15 is 4.39 Å². The van der Waals surface area contributed by atoms with Crippen molar-refractivity contribution in [3.05, 3.63) is 64.7 Å². The van der Waals surface area contributed by atoms with Gasteiger partial charge in [-0.15, -0.1) is 0 Å². The molecule has 0 heterocycles. The fourth-order valence-corrected chi connectivity index (χ4v) is 3.34. The summed E-state index contributed by atoms with van der Waals surface area (Å²) in [7, 11) is 0. The van der Waals surface area contributed by atoms with E-state index in [1.54, 1.807) is 31.2 Å². The minimum absolute atomic E-state index is 0.000996. The number of carbonyl (C=O) groups is 1. The number of nitrogens with zero attached hydrogens (tertiary/aromatic N) is 1. The SMILES string of the molecule is CCOC(C(=O)N(Cl)Cc1ccc(C(=N)N)cc1)c1c(F)ccc(OCC2(C)CC2)c1F. The van der Waals surface area contributed by atoms with Crippen molar-refractivity contribution in [2.45, 2.75) is 39.3 Å². The second kappa shape index (κ2) is 9.83. The summed E-state index contributed by atoms with van der Waals surface area (Å²) in [5.74, 6) is -2.93. The van der Waals surface area contributed by atoms with Crippen LogP contribution in [0.4, 0.5) is 8.78 Å². The second-order valence-electron chi connectivity index (χ2n) is 8.18. The molecule has 0 bridgehead atoms. The number of hydrogen-bond acceptors (Lipinski definition) is 4. The normalized spacial score (nSPS) is 15.2. The lowest BCUT2D eigenvalue weighted by Gasteiger charge is -2.23. The molecule has 6 nitrogen and oxygen atoms in total. The highest BCUT2D eigenvalue weighted by molar-refractivity contribution is 6.21. The first kappa shape index (κ1) is 23.9. The van der Waals surface area contributed by atoms with Gasteiger partial charge < -0.3 is 15.2 Å². The maximum Gasteiger partial charge on any atom is 0.271 e. The molecule has 1 fully saturated rings. The van der Waals surface area contributed by atoms with Crippen molar-refractivity contribution in [1.29, 1.82) is 5.41 Å². The summed E-state index contributed by atoms with van der Waals surface area (Å²) in [6.07, 6.45) is 0.392. The van der Waals surface area contributed by atoms with Crippen LogP contribution >= 0.6 is 11.8 Å². The number of ether oxygens (including phenoxy) is 2. The highest BCUT2D eigenvalue weighted by Gasteiger charge is 2.39. The monoisotopic (exact) mass is 465 g/mol. The molecule has 2 aromatic carbocycles. The topological polar surface area (TPSA) is 88.6 Å². The maximum absolute atomic E-state index is 15.2. The van der Waals surface area contributed by atoms with Gasteiger partial charge in [0.15, 0.2) is 17.7 Å². The summed E-state index contributed by atoms with van der Waals surface area (Å²) in [4.78, 5) is 13.0. The van der Waals surface area contributed by atoms with Gasteiger partial charge >= 0.3 is 0 Å². The lowest BCUT2D eigenvalue weighted by molar-refractivity contribution is -0.139. The lowest BCUT2D eigenvalue weighted by atomic mass is 10.1. The third kappa shape index (κ3) is 5.55. The summed E-state index contributed by atoms with van der Waals surface area (Å²) < 4.78 is 41.6. The number of hydrogen-bond donors (Lipinski definition) is 2. The van der Waals surface area contributed by atoms with Crippen LogP contribution in [0.1, 0.15) is 49.5 Å². The van der Waals surface area contributed by atoms with Crippen molar-refractivity contribution in [3.8, 4) is 5.75 Å². The van der Waals surface area contributed by atoms with Crippen LogP contribution in [-0.4, -0.2) is 29.4 Å². The van der Waals surface area contributed by atoms with Gasteiger partial charge in [0.05, 0.1) is 18.7 Å². The molecule has 1 amide bonds. The number of nitrogens with one attached hydrogen (secondary N) is 1. The molecular formula is C23H26ClF2N3O3. The van der Waals surface area contributed by atoms with Gasteiger partial charge in [0.25, 0.3) is 5.91 Å². The molecule has 3 N–H and O–H groups in total. The van der Waals surface area contributed by atoms with Crippen molar-refractivity contribution < 1.29 is 23.0 Å². The predicted molar refractivity (Wildman–Crippen MR) is 117 cm³/mol. The summed E-state index contributed by atoms with van der Waals surface area (Å²) in [6, 6.07) is 8.82. The highest BCUT2D eigenvalue weighted by atomic mass is 35.5. The van der Waals surface area contributed by atoms with Crippen molar-refractivity contribution in [3.63, 3.8) is 0 Å². The molecule has 1 aliphatic carbocycles. The fourth-order valence-electron chi connectivity index (χ4n) is 3.11. The highest BCUT2D eigenvalue weighted by Crippen LogP contribution is 2.45. The molecule has 0 saturated heterocycles. The van der Waals surface area contributed by atoms with Crippen LogP contribution in [0.15, 0.2) is 36.4 Å². The van der Waals surface area contributed by atoms with Crippen LogP contribution in [0, 0.1) is 22.5 Å². The summed E-state index contributed by atoms with van der Waals surface area (Å²) in [6.45, 7) is 3.94. The van der Waals surface area contributed by atoms with E-state index < -0.39 is 29.2 Å². The molecule has 32 heavy (non-hydrogen) atoms. The molecule has 2 aromatic rings. The van der Waals surface area contributed by atoms with Crippen LogP contribution in [-0.2, 0) is 16.1 Å². The summed E-state index contributed by atoms with van der Waals surface area (Å²) in [5, 5.41) is 7.43. The summed E-state index contributed by atoms with van der Waals surface area (Å²) >= 11 is 6.18. The van der Waals surface area contributed by atoms with Crippen molar-refractivity contribution in [2.75, 3.05) is 13.2 Å². The van der Waals surface area contributed by atoms with Crippen LogP contribution in [0.2, 0.25) is 0 Å². The number of amides is 1. The van der Waals surface area contributed by atoms with Gasteiger partial charge in [-0.25, -0.2) is 13.2 Å². The number of nitrogen functional groups attached to an aromatic ring is 1. The minimum atomic E-state index is -1.57. The first-order chi connectivity index (χ1) is 15.1. The number of carbonyl (C=O) groups excluding carboxylic acids is 1. The van der Waals surface area contributed by atoms with Gasteiger partial charge in [-0.1, -0.05) is 31.2 Å². The number of amidine groups is 1. The quantitative estimate of drug-likeness (QED) is 0.303. The van der Waals surface area contributed by atoms with Crippen LogP contribution in [0.3, 0.4) is 0 Å². The molecule has 3 rings (SSSR count). The Kier molecular flexibility index (Phi) is 7.36. The van der Waals surface area contributed by atoms with Crippen molar-refractivity contribution >= 4 is 23.5 Å². The molecule has 0 radical (unpaired) electrons. The van der Waals surface area contributed by atoms with Gasteiger partial charge in [-0.3, -0.25) is 10.2 Å². The van der Waals surface area contributed by atoms with E-state index in [1.165, 1.54) is 6.07 Å². The molecule has 0 aromatic heterocycles. The third-order valence-electron chi connectivity index (χ3n) is 5.42. The number of halogens is 3. The summed E-state index contributed by atoms with van der Waals surface area (Å²) in [5.41, 5.74) is 6.07. The van der Waals surface area contributed by atoms with E-state index in [2.05, 4.69) is 0 Å². The molecule has 172 valence electrons. The molecule has 1 unspecified atom stereocenters. The number of nitrogens with two attached hydrogens (primary N) is 1. The van der Waals surface area contributed by atoms with Gasteiger partial charge in [0, 0.05) is 29.4 Å². The van der Waals surface area contributed by atoms with E-state index in [0.29, 0.717) is 17.7 Å². The van der Waals surface area contributed by atoms with E-state index in [4.69, 9.17) is 32.4 Å². The van der Waals surface area contributed by atoms with E-state index in [0.717, 1.165) is 23.3 Å². The van der Waals surface area contributed by atoms with Gasteiger partial charge in [-0.2, -0.15) is 0 Å². The van der Waals surface area contributed by atoms with E-state index in [1.807, 2.05) is 6.92 Å². The Balaban J connectivity index is 1.81. The number of rotatable bonds is 10. The predicted octanol–water partition coefficient (Wildman–Crippen LogP) is 4.69. The van der Waals surface area contributed by atoms with Crippen LogP contribution in [0.25, 0.3) is 0 Å². The minimum Gasteiger partial charge on any atom is -0.490 e. The molecule has 1 aliphatic rings. The zero-order chi connectivity index (χ0) is 23.5. The molecule has 9 heteroatoms. The number of benzene rings is 2. The smallest absolute Gasteiger partial charge is 0.271 e. The fraction of sp³-hybridized carbons (Fsp3) is 0.391. The Labute approximate surface area is 190 Å². The standard InChI is InChI=1S/C23H26ClF2N3O3/c1-3-31-20(22(30)29(24)12-14-4-6-15(7-5-14)21(27)28)18-16(25)8-9-17(19(18)26)32-13-23(2)10-11-23/h4-9,20H,3,10-13H2,1-2H3,(H3,27,28). The van der Waals surface area contributed by atoms with Crippen molar-refractivity contribution in [1.82, 2.24) is 4.42 Å². The average Bonchev–Trinajstić information content (AvgIpc) is 3.49. The zero-order valence-electron chi connectivity index (χ0n) is 18.0. The Hall–Kier alpha value is -2.71. The lowest BCUT2D eigenvalue weighted by Crippen LogP contribution is -2.30. The largest absolute Gasteiger partial charge is 0.490 e. The second-order valence-corrected chi connectivity index (χ2v) is 8.59. The van der Waals surface area contributed by atoms with Crippen LogP contribution < -0.4 is 10.5 Å². The Bertz CT molecular complexity index is 997. The molecule has 1 saturated carbocycles. The van der Waals surface area contributed by atoms with E-state index in [-0.39, 0.29) is 30.2 Å². The Morgan fingerprint density at radius 2 is 1.91 bits per heavy atom. The zero-order valence-corrected chi connectivity index (χ0v) is 18.7. The van der Waals surface area contributed by atoms with Crippen molar-refractivity contribution in [2.24, 2.45) is 11.1 Å². The van der Waals surface area contributed by atoms with Gasteiger partial charge in [0.1, 0.15) is 11.7 Å². The maximum atomic E-state index is 15.2. The molecule has 0 aliphatic heterocycles. The average molecular weight is 466 g/mol. The first-order valence-electron chi connectivity index (χ1n) is 10.3. The van der Waals surface area contributed by atoms with Crippen LogP contribution in [0.5, 0.6) is 5.75 Å². The third-order valence-corrected chi connectivity index (χ3v) is 5.70. The Morgan fingerprint density at radius 1 is 1.25 bits per heavy atom.